The van der Waals surface area contributed by atoms with Gasteiger partial charge in [0.2, 0.25) is 0 Å². The van der Waals surface area contributed by atoms with Gasteiger partial charge in [-0.3, -0.25) is 4.90 Å². The molecule has 0 atom stereocenters. The molecule has 32 heavy (non-hydrogen) atoms. The molecule has 0 radical (unpaired) electrons. The van der Waals surface area contributed by atoms with Crippen molar-refractivity contribution in [3.05, 3.63) is 77.9 Å². The van der Waals surface area contributed by atoms with Crippen molar-refractivity contribution in [3.63, 3.8) is 0 Å². The maximum Gasteiger partial charge on any atom is 0.119 e. The first-order valence-electron chi connectivity index (χ1n) is 11.8. The van der Waals surface area contributed by atoms with Crippen molar-refractivity contribution in [1.29, 1.82) is 0 Å². The number of ether oxygens (including phenoxy) is 1. The minimum atomic E-state index is -1.42. The summed E-state index contributed by atoms with van der Waals surface area (Å²) in [6, 6.07) is 20.6. The molecule has 2 nitrogen and oxygen atoms in total. The second-order valence-electron chi connectivity index (χ2n) is 10.3. The van der Waals surface area contributed by atoms with Crippen LogP contribution in [0.5, 0.6) is 5.75 Å². The van der Waals surface area contributed by atoms with Crippen molar-refractivity contribution in [2.75, 3.05) is 19.3 Å². The Morgan fingerprint density at radius 2 is 1.72 bits per heavy atom. The van der Waals surface area contributed by atoms with Crippen LogP contribution in [-0.2, 0) is 13.0 Å². The minimum absolute atomic E-state index is 0.0498. The highest BCUT2D eigenvalue weighted by molar-refractivity contribution is 6.77. The smallest absolute Gasteiger partial charge is 0.119 e. The molecule has 0 heterocycles. The number of hydrogen-bond acceptors (Lipinski definition) is 2. The van der Waals surface area contributed by atoms with Crippen molar-refractivity contribution in [2.24, 2.45) is 5.41 Å². The molecule has 0 saturated heterocycles. The summed E-state index contributed by atoms with van der Waals surface area (Å²) in [5, 5.41) is 0. The van der Waals surface area contributed by atoms with Crippen LogP contribution in [0.3, 0.4) is 0 Å². The lowest BCUT2D eigenvalue weighted by Crippen LogP contribution is -2.34. The Hall–Kier alpha value is -2.28. The van der Waals surface area contributed by atoms with Crippen LogP contribution in [0.2, 0.25) is 19.1 Å². The molecule has 2 aromatic carbocycles. The molecule has 172 valence electrons. The fourth-order valence-electron chi connectivity index (χ4n) is 3.29. The van der Waals surface area contributed by atoms with Gasteiger partial charge in [0, 0.05) is 18.5 Å². The van der Waals surface area contributed by atoms with Gasteiger partial charge < -0.3 is 4.74 Å². The van der Waals surface area contributed by atoms with Crippen LogP contribution in [0, 0.1) is 17.3 Å². The highest BCUT2D eigenvalue weighted by Gasteiger charge is 2.22. The molecular weight excluding hydrogens is 406 g/mol. The Morgan fingerprint density at radius 1 is 1.00 bits per heavy atom. The average molecular weight is 448 g/mol. The van der Waals surface area contributed by atoms with E-state index in [4.69, 9.17) is 4.74 Å². The van der Waals surface area contributed by atoms with Gasteiger partial charge in [-0.2, -0.15) is 0 Å². The van der Waals surface area contributed by atoms with Crippen molar-refractivity contribution < 1.29 is 4.74 Å². The van der Waals surface area contributed by atoms with E-state index in [0.29, 0.717) is 0 Å². The predicted molar refractivity (Wildman–Crippen MR) is 142 cm³/mol. The standard InChI is InChI=1S/C29H41NOSi/c1-7-30(21-13-9-12-20-29(2,3)4)24-27-17-14-18-28(23-27)31-25-32(5,6)22-19-26-15-10-8-11-16-26/h8-11,13-18,23H,7,19,21-22,24-25H2,1-6H3/b13-9+. The molecule has 2 aromatic rings. The van der Waals surface area contributed by atoms with E-state index in [1.807, 2.05) is 6.08 Å². The van der Waals surface area contributed by atoms with Crippen molar-refractivity contribution in [1.82, 2.24) is 4.90 Å². The molecule has 0 unspecified atom stereocenters. The Balaban J connectivity index is 1.86. The number of benzene rings is 2. The van der Waals surface area contributed by atoms with E-state index >= 15 is 0 Å². The third-order valence-electron chi connectivity index (χ3n) is 5.33. The summed E-state index contributed by atoms with van der Waals surface area (Å²) >= 11 is 0. The highest BCUT2D eigenvalue weighted by Crippen LogP contribution is 2.19. The topological polar surface area (TPSA) is 12.5 Å². The summed E-state index contributed by atoms with van der Waals surface area (Å²) in [6.07, 6.45) is 6.14. The maximum atomic E-state index is 6.27. The van der Waals surface area contributed by atoms with E-state index in [1.165, 1.54) is 17.2 Å². The minimum Gasteiger partial charge on any atom is -0.497 e. The molecule has 0 aliphatic carbocycles. The van der Waals surface area contributed by atoms with Crippen LogP contribution in [0.1, 0.15) is 38.8 Å². The molecular formula is C29H41NOSi. The molecule has 0 N–H and O–H groups in total. The largest absolute Gasteiger partial charge is 0.497 e. The number of allylic oxidation sites excluding steroid dienone is 1. The second kappa shape index (κ2) is 12.7. The SMILES string of the molecule is CCN(C/C=C/C#CC(C)(C)C)Cc1cccc(OC[Si](C)(C)CCc2ccccc2)c1. The zero-order chi connectivity index (χ0) is 23.5. The van der Waals surface area contributed by atoms with Gasteiger partial charge in [0.25, 0.3) is 0 Å². The molecule has 0 aliphatic heterocycles. The third kappa shape index (κ3) is 10.8. The van der Waals surface area contributed by atoms with Gasteiger partial charge in [0.15, 0.2) is 0 Å². The van der Waals surface area contributed by atoms with Gasteiger partial charge in [-0.25, -0.2) is 0 Å². The Kier molecular flexibility index (Phi) is 10.3. The van der Waals surface area contributed by atoms with Crippen LogP contribution in [-0.4, -0.2) is 32.3 Å². The number of nitrogens with zero attached hydrogens (tertiary/aromatic N) is 1. The summed E-state index contributed by atoms with van der Waals surface area (Å²) in [7, 11) is -1.42. The second-order valence-corrected chi connectivity index (χ2v) is 15.5. The van der Waals surface area contributed by atoms with E-state index in [0.717, 1.165) is 38.0 Å². The molecule has 0 amide bonds. The monoisotopic (exact) mass is 447 g/mol. The van der Waals surface area contributed by atoms with Crippen LogP contribution >= 0.6 is 0 Å². The first-order valence-corrected chi connectivity index (χ1v) is 15.2. The van der Waals surface area contributed by atoms with E-state index in [1.54, 1.807) is 0 Å². The van der Waals surface area contributed by atoms with E-state index in [2.05, 4.69) is 118 Å². The molecule has 0 bridgehead atoms. The van der Waals surface area contributed by atoms with Gasteiger partial charge >= 0.3 is 0 Å². The molecule has 3 heteroatoms. The fraction of sp³-hybridized carbons (Fsp3) is 0.448. The summed E-state index contributed by atoms with van der Waals surface area (Å²) in [5.74, 6) is 7.39. The number of rotatable bonds is 11. The van der Waals surface area contributed by atoms with Crippen LogP contribution in [0.25, 0.3) is 0 Å². The molecule has 2 rings (SSSR count). The van der Waals surface area contributed by atoms with Crippen molar-refractivity contribution in [2.45, 2.75) is 59.8 Å². The summed E-state index contributed by atoms with van der Waals surface area (Å²) < 4.78 is 6.27. The Bertz CT molecular complexity index is 900. The zero-order valence-corrected chi connectivity index (χ0v) is 21.9. The Labute approximate surface area is 197 Å². The van der Waals surface area contributed by atoms with Gasteiger partial charge in [-0.1, -0.05) is 86.4 Å². The molecule has 0 saturated carbocycles. The van der Waals surface area contributed by atoms with E-state index in [-0.39, 0.29) is 5.41 Å². The highest BCUT2D eigenvalue weighted by atomic mass is 28.3. The van der Waals surface area contributed by atoms with E-state index in [9.17, 15) is 0 Å². The first kappa shape index (κ1) is 26.0. The van der Waals surface area contributed by atoms with Gasteiger partial charge in [-0.15, -0.1) is 0 Å². The number of hydrogen-bond donors (Lipinski definition) is 0. The van der Waals surface area contributed by atoms with Gasteiger partial charge in [0.1, 0.15) is 5.75 Å². The average Bonchev–Trinajstić information content (AvgIpc) is 2.76. The lowest BCUT2D eigenvalue weighted by molar-refractivity contribution is 0.310. The first-order chi connectivity index (χ1) is 15.2. The summed E-state index contributed by atoms with van der Waals surface area (Å²) in [4.78, 5) is 2.41. The quantitative estimate of drug-likeness (QED) is 0.272. The predicted octanol–water partition coefficient (Wildman–Crippen LogP) is 6.98. The number of likely N-dealkylation sites (N-methyl/N-ethyl adjacent to an activating group) is 1. The third-order valence-corrected chi connectivity index (χ3v) is 7.86. The number of aryl methyl sites for hydroxylation is 1. The van der Waals surface area contributed by atoms with Crippen molar-refractivity contribution in [3.8, 4) is 17.6 Å². The Morgan fingerprint density at radius 3 is 2.41 bits per heavy atom. The maximum absolute atomic E-state index is 6.27. The van der Waals surface area contributed by atoms with Gasteiger partial charge in [0.05, 0.1) is 14.3 Å². The molecule has 0 spiro atoms. The van der Waals surface area contributed by atoms with Crippen molar-refractivity contribution >= 4 is 8.07 Å². The van der Waals surface area contributed by atoms with Crippen LogP contribution in [0.4, 0.5) is 0 Å². The fourth-order valence-corrected chi connectivity index (χ4v) is 4.96. The normalized spacial score (nSPS) is 12.1. The summed E-state index contributed by atoms with van der Waals surface area (Å²) in [6.45, 7) is 16.3. The van der Waals surface area contributed by atoms with Gasteiger partial charge in [-0.05, 0) is 63.1 Å². The lowest BCUT2D eigenvalue weighted by Gasteiger charge is -2.23. The zero-order valence-electron chi connectivity index (χ0n) is 20.9. The van der Waals surface area contributed by atoms with E-state index < -0.39 is 8.07 Å². The van der Waals surface area contributed by atoms with Crippen LogP contribution in [0.15, 0.2) is 66.7 Å². The van der Waals surface area contributed by atoms with Crippen LogP contribution < -0.4 is 4.74 Å². The molecule has 0 aliphatic rings. The lowest BCUT2D eigenvalue weighted by atomic mass is 9.98. The molecule has 0 aromatic heterocycles. The molecule has 0 fully saturated rings. The summed E-state index contributed by atoms with van der Waals surface area (Å²) in [5.41, 5.74) is 2.77.